The molecule has 12 atom stereocenters. The summed E-state index contributed by atoms with van der Waals surface area (Å²) in [5.74, 6) is -2.45. The van der Waals surface area contributed by atoms with Gasteiger partial charge in [-0.3, -0.25) is 4.90 Å². The van der Waals surface area contributed by atoms with Crippen molar-refractivity contribution in [1.82, 2.24) is 4.90 Å². The van der Waals surface area contributed by atoms with Crippen LogP contribution in [0.5, 0.6) is 0 Å². The molecule has 0 amide bonds. The van der Waals surface area contributed by atoms with Crippen LogP contribution < -0.4 is 4.90 Å². The van der Waals surface area contributed by atoms with Crippen molar-refractivity contribution in [1.29, 1.82) is 0 Å². The van der Waals surface area contributed by atoms with E-state index >= 15 is 0 Å². The minimum absolute atomic E-state index is 0.165. The number of aliphatic carboxylic acids is 2. The minimum atomic E-state index is -2.27. The summed E-state index contributed by atoms with van der Waals surface area (Å²) in [5, 5.41) is 55.3. The highest BCUT2D eigenvalue weighted by atomic mass is 79.9. The second-order valence-corrected chi connectivity index (χ2v) is 11.4. The summed E-state index contributed by atoms with van der Waals surface area (Å²) in [5.41, 5.74) is 2.42. The monoisotopic (exact) mass is 554 g/mol. The van der Waals surface area contributed by atoms with Crippen LogP contribution in [0.3, 0.4) is 0 Å². The molecule has 35 heavy (non-hydrogen) atoms. The van der Waals surface area contributed by atoms with Crippen LogP contribution in [-0.4, -0.2) is 97.2 Å². The Labute approximate surface area is 210 Å². The number of halogens is 1. The molecule has 1 aromatic rings. The van der Waals surface area contributed by atoms with E-state index in [0.29, 0.717) is 29.8 Å². The third kappa shape index (κ3) is 3.18. The van der Waals surface area contributed by atoms with Crippen molar-refractivity contribution in [3.8, 4) is 0 Å². The van der Waals surface area contributed by atoms with Gasteiger partial charge in [0.15, 0.2) is 12.2 Å². The lowest BCUT2D eigenvalue weighted by atomic mass is 9.62. The number of nitrogens with zero attached hydrogens (tertiary/aromatic N) is 2. The summed E-state index contributed by atoms with van der Waals surface area (Å²) < 4.78 is 1.10. The summed E-state index contributed by atoms with van der Waals surface area (Å²) in [6.07, 6.45) is -2.06. The Morgan fingerprint density at radius 3 is 2.34 bits per heavy atom. The Morgan fingerprint density at radius 1 is 1.14 bits per heavy atom. The van der Waals surface area contributed by atoms with Crippen molar-refractivity contribution in [3.63, 3.8) is 0 Å². The molecule has 2 unspecified atom stereocenters. The van der Waals surface area contributed by atoms with E-state index in [4.69, 9.17) is 20.4 Å². The number of carboxylic acid groups (broad SMARTS) is 2. The molecule has 1 aromatic carbocycles. The third-order valence-electron chi connectivity index (χ3n) is 9.32. The van der Waals surface area contributed by atoms with E-state index < -0.39 is 24.1 Å². The number of aliphatic hydroxyl groups excluding tert-OH is 4. The Hall–Kier alpha value is -1.76. The van der Waals surface area contributed by atoms with Gasteiger partial charge in [-0.15, -0.1) is 0 Å². The number of piperidine rings is 4. The topological polar surface area (TPSA) is 162 Å². The Kier molecular flexibility index (Phi) is 5.97. The van der Waals surface area contributed by atoms with E-state index in [1.165, 1.54) is 11.3 Å². The number of carbonyl (C=O) groups is 2. The van der Waals surface area contributed by atoms with E-state index in [-0.39, 0.29) is 23.8 Å². The fourth-order valence-corrected chi connectivity index (χ4v) is 8.53. The normalized spacial score (nSPS) is 43.2. The molecular weight excluding hydrogens is 524 g/mol. The van der Waals surface area contributed by atoms with Crippen LogP contribution in [-0.2, 0) is 15.0 Å². The molecule has 5 heterocycles. The SMILES string of the molecule is CC[C@H]1[C@@H]2C[C@H]3[C@@H]4N(C)c5ccc(Br)cc5[C@]45C[C@@H](C2[C@@H]5O)N3[C@@H]1O.O=C(O)[C@H](O)[C@@H](O)C(=O)O. The van der Waals surface area contributed by atoms with Crippen molar-refractivity contribution >= 4 is 33.6 Å². The van der Waals surface area contributed by atoms with Crippen LogP contribution in [0.4, 0.5) is 5.69 Å². The van der Waals surface area contributed by atoms with Gasteiger partial charge in [-0.25, -0.2) is 9.59 Å². The quantitative estimate of drug-likeness (QED) is 0.303. The Balaban J connectivity index is 0.000000218. The lowest BCUT2D eigenvalue weighted by Crippen LogP contribution is -2.72. The summed E-state index contributed by atoms with van der Waals surface area (Å²) in [6.45, 7) is 2.19. The number of rotatable bonds is 4. The van der Waals surface area contributed by atoms with Crippen LogP contribution in [0.1, 0.15) is 31.7 Å². The van der Waals surface area contributed by atoms with E-state index in [1.54, 1.807) is 0 Å². The van der Waals surface area contributed by atoms with Crippen LogP contribution in [0.15, 0.2) is 22.7 Å². The number of hydrogen-bond acceptors (Lipinski definition) is 8. The number of fused-ring (bicyclic) bond motifs is 2. The van der Waals surface area contributed by atoms with Gasteiger partial charge in [0.2, 0.25) is 0 Å². The molecule has 5 bridgehead atoms. The number of anilines is 1. The zero-order chi connectivity index (χ0) is 25.6. The molecule has 5 fully saturated rings. The van der Waals surface area contributed by atoms with Crippen molar-refractivity contribution in [2.75, 3.05) is 11.9 Å². The minimum Gasteiger partial charge on any atom is -0.479 e. The molecule has 0 radical (unpaired) electrons. The highest BCUT2D eigenvalue weighted by molar-refractivity contribution is 9.10. The van der Waals surface area contributed by atoms with Gasteiger partial charge in [-0.1, -0.05) is 22.9 Å². The molecule has 0 aromatic heterocycles. The Bertz CT molecular complexity index is 1040. The summed E-state index contributed by atoms with van der Waals surface area (Å²) >= 11 is 3.65. The average Bonchev–Trinajstić information content (AvgIpc) is 3.19. The number of benzene rings is 1. The summed E-state index contributed by atoms with van der Waals surface area (Å²) in [4.78, 5) is 24.4. The maximum absolute atomic E-state index is 11.7. The largest absolute Gasteiger partial charge is 0.479 e. The second-order valence-electron chi connectivity index (χ2n) is 10.5. The highest BCUT2D eigenvalue weighted by Crippen LogP contribution is 2.69. The first-order valence-electron chi connectivity index (χ1n) is 12.0. The average molecular weight is 555 g/mol. The van der Waals surface area contributed by atoms with Gasteiger partial charge in [0.1, 0.15) is 6.23 Å². The molecule has 6 N–H and O–H groups in total. The van der Waals surface area contributed by atoms with Crippen LogP contribution in [0, 0.1) is 17.8 Å². The van der Waals surface area contributed by atoms with Gasteiger partial charge in [-0.2, -0.15) is 0 Å². The van der Waals surface area contributed by atoms with Gasteiger partial charge in [0.25, 0.3) is 0 Å². The fraction of sp³-hybridized carbons (Fsp3) is 0.667. The first-order chi connectivity index (χ1) is 16.5. The van der Waals surface area contributed by atoms with E-state index in [0.717, 1.165) is 23.7 Å². The Morgan fingerprint density at radius 2 is 1.77 bits per heavy atom. The molecule has 6 aliphatic rings. The number of aliphatic hydroxyl groups is 4. The predicted octanol–water partition coefficient (Wildman–Crippen LogP) is 0.194. The second kappa shape index (κ2) is 8.39. The highest BCUT2D eigenvalue weighted by Gasteiger charge is 2.76. The van der Waals surface area contributed by atoms with Gasteiger partial charge in [0, 0.05) is 46.5 Å². The van der Waals surface area contributed by atoms with Gasteiger partial charge < -0.3 is 35.5 Å². The van der Waals surface area contributed by atoms with E-state index in [1.807, 2.05) is 0 Å². The molecular formula is C24H31BrN2O8. The van der Waals surface area contributed by atoms with Crippen molar-refractivity contribution in [3.05, 3.63) is 28.2 Å². The van der Waals surface area contributed by atoms with Crippen molar-refractivity contribution < 1.29 is 40.2 Å². The lowest BCUT2D eigenvalue weighted by Gasteiger charge is -2.62. The van der Waals surface area contributed by atoms with E-state index in [9.17, 15) is 19.8 Å². The maximum atomic E-state index is 11.7. The molecule has 1 saturated carbocycles. The van der Waals surface area contributed by atoms with Crippen LogP contribution in [0.2, 0.25) is 0 Å². The zero-order valence-corrected chi connectivity index (χ0v) is 21.0. The third-order valence-corrected chi connectivity index (χ3v) is 9.82. The molecule has 7 rings (SSSR count). The summed E-state index contributed by atoms with van der Waals surface area (Å²) in [6, 6.07) is 7.50. The smallest absolute Gasteiger partial charge is 0.335 e. The summed E-state index contributed by atoms with van der Waals surface area (Å²) in [7, 11) is 2.18. The zero-order valence-electron chi connectivity index (χ0n) is 19.4. The molecule has 1 aliphatic carbocycles. The van der Waals surface area contributed by atoms with Gasteiger partial charge in [0.05, 0.1) is 12.1 Å². The number of hydrogen-bond donors (Lipinski definition) is 6. The van der Waals surface area contributed by atoms with Crippen LogP contribution in [0.25, 0.3) is 0 Å². The number of likely N-dealkylation sites (N-methyl/N-ethyl adjacent to an activating group) is 1. The fourth-order valence-electron chi connectivity index (χ4n) is 8.16. The molecule has 11 heteroatoms. The lowest BCUT2D eigenvalue weighted by molar-refractivity contribution is -0.211. The number of carboxylic acids is 2. The van der Waals surface area contributed by atoms with Gasteiger partial charge in [-0.05, 0) is 48.9 Å². The first kappa shape index (κ1) is 24.9. The predicted molar refractivity (Wildman–Crippen MR) is 127 cm³/mol. The maximum Gasteiger partial charge on any atom is 0.335 e. The van der Waals surface area contributed by atoms with Crippen molar-refractivity contribution in [2.45, 2.75) is 74.3 Å². The molecule has 192 valence electrons. The first-order valence-corrected chi connectivity index (χ1v) is 12.7. The molecule has 5 aliphatic heterocycles. The molecule has 4 saturated heterocycles. The van der Waals surface area contributed by atoms with Gasteiger partial charge >= 0.3 is 11.9 Å². The van der Waals surface area contributed by atoms with E-state index in [2.05, 4.69) is 57.9 Å². The van der Waals surface area contributed by atoms with Crippen molar-refractivity contribution in [2.24, 2.45) is 17.8 Å². The standard InChI is InChI=1S/C20H25BrN2O2.C4H6O6/c1-3-10-11-7-14-17-20(12-6-9(21)4-5-13(12)22(17)2)8-15(16(11)18(20)24)23(14)19(10)25;5-1(3(7)8)2(6)4(9)10/h4-6,10-11,14-19,24-25H,3,7-8H2,1-2H3;1-2,5-6H,(H,7,8)(H,9,10)/t10-,11-,14-,15-,16?,17-,18-,19+,20+;1-,2-/m01/s1. The van der Waals surface area contributed by atoms with Crippen LogP contribution >= 0.6 is 15.9 Å². The molecule has 1 spiro atoms. The molecule has 10 nitrogen and oxygen atoms in total.